The summed E-state index contributed by atoms with van der Waals surface area (Å²) in [5.41, 5.74) is 0.450. The average Bonchev–Trinajstić information content (AvgIpc) is 2.10. The topological polar surface area (TPSA) is 95.1 Å². The molecule has 0 aliphatic heterocycles. The van der Waals surface area contributed by atoms with Crippen molar-refractivity contribution in [2.45, 2.75) is 19.9 Å². The van der Waals surface area contributed by atoms with Crippen LogP contribution in [-0.2, 0) is 11.3 Å². The maximum absolute atomic E-state index is 11.0. The number of aromatic nitrogens is 2. The number of nitrogens with zero attached hydrogens (tertiary/aromatic N) is 1. The van der Waals surface area contributed by atoms with Crippen molar-refractivity contribution in [3.8, 4) is 0 Å². The number of carboxylic acid groups (broad SMARTS) is 1. The number of hydrogen-bond acceptors (Lipinski definition) is 4. The smallest absolute Gasteiger partial charge is 0.304 e. The summed E-state index contributed by atoms with van der Waals surface area (Å²) in [7, 11) is 0. The van der Waals surface area contributed by atoms with Gasteiger partial charge in [-0.05, 0) is 6.92 Å². The average molecular weight is 211 g/mol. The van der Waals surface area contributed by atoms with Crippen molar-refractivity contribution in [1.29, 1.82) is 0 Å². The van der Waals surface area contributed by atoms with Crippen LogP contribution in [0, 0.1) is 6.92 Å². The SMILES string of the molecule is Cc1cc(=O)[nH]c(CNCCC(=O)O)n1. The minimum absolute atomic E-state index is 0.0516. The van der Waals surface area contributed by atoms with E-state index in [-0.39, 0.29) is 12.0 Å². The fourth-order valence-electron chi connectivity index (χ4n) is 1.13. The van der Waals surface area contributed by atoms with Crippen molar-refractivity contribution in [1.82, 2.24) is 15.3 Å². The molecule has 6 heteroatoms. The number of carbonyl (C=O) groups is 1. The Balaban J connectivity index is 2.44. The second kappa shape index (κ2) is 5.26. The molecule has 0 saturated heterocycles. The summed E-state index contributed by atoms with van der Waals surface area (Å²) >= 11 is 0. The highest BCUT2D eigenvalue weighted by atomic mass is 16.4. The molecule has 0 saturated carbocycles. The monoisotopic (exact) mass is 211 g/mol. The summed E-state index contributed by atoms with van der Waals surface area (Å²) in [5, 5.41) is 11.3. The summed E-state index contributed by atoms with van der Waals surface area (Å²) in [6.07, 6.45) is 0.0516. The Morgan fingerprint density at radius 3 is 3.00 bits per heavy atom. The first-order valence-electron chi connectivity index (χ1n) is 4.57. The fraction of sp³-hybridized carbons (Fsp3) is 0.444. The van der Waals surface area contributed by atoms with E-state index in [1.54, 1.807) is 6.92 Å². The van der Waals surface area contributed by atoms with E-state index in [0.717, 1.165) is 0 Å². The first-order chi connectivity index (χ1) is 7.08. The lowest BCUT2D eigenvalue weighted by molar-refractivity contribution is -0.136. The summed E-state index contributed by atoms with van der Waals surface area (Å²) in [6, 6.07) is 1.40. The lowest BCUT2D eigenvalue weighted by Gasteiger charge is -2.02. The van der Waals surface area contributed by atoms with Gasteiger partial charge in [0.1, 0.15) is 5.82 Å². The number of carboxylic acids is 1. The van der Waals surface area contributed by atoms with Gasteiger partial charge in [0.05, 0.1) is 13.0 Å². The van der Waals surface area contributed by atoms with E-state index < -0.39 is 5.97 Å². The molecule has 0 atom stereocenters. The minimum Gasteiger partial charge on any atom is -0.481 e. The van der Waals surface area contributed by atoms with Crippen LogP contribution in [0.1, 0.15) is 17.9 Å². The lowest BCUT2D eigenvalue weighted by atomic mass is 10.4. The molecule has 0 aliphatic carbocycles. The van der Waals surface area contributed by atoms with Gasteiger partial charge in [-0.25, -0.2) is 4.98 Å². The van der Waals surface area contributed by atoms with Crippen LogP contribution in [-0.4, -0.2) is 27.6 Å². The summed E-state index contributed by atoms with van der Waals surface area (Å²) in [5.74, 6) is -0.335. The van der Waals surface area contributed by atoms with Gasteiger partial charge in [-0.3, -0.25) is 9.59 Å². The Hall–Kier alpha value is -1.69. The number of hydrogen-bond donors (Lipinski definition) is 3. The summed E-state index contributed by atoms with van der Waals surface area (Å²) in [6.45, 7) is 2.45. The molecule has 1 aromatic heterocycles. The Morgan fingerprint density at radius 1 is 1.67 bits per heavy atom. The maximum atomic E-state index is 11.0. The van der Waals surface area contributed by atoms with Gasteiger partial charge in [0.15, 0.2) is 0 Å². The molecule has 0 unspecified atom stereocenters. The molecule has 6 nitrogen and oxygen atoms in total. The van der Waals surface area contributed by atoms with Crippen LogP contribution >= 0.6 is 0 Å². The zero-order chi connectivity index (χ0) is 11.3. The second-order valence-corrected chi connectivity index (χ2v) is 3.15. The summed E-state index contributed by atoms with van der Waals surface area (Å²) in [4.78, 5) is 27.9. The van der Waals surface area contributed by atoms with Gasteiger partial charge in [-0.1, -0.05) is 0 Å². The van der Waals surface area contributed by atoms with Crippen LogP contribution in [0.2, 0.25) is 0 Å². The van der Waals surface area contributed by atoms with Gasteiger partial charge in [0.2, 0.25) is 0 Å². The molecule has 82 valence electrons. The number of aliphatic carboxylic acids is 1. The molecule has 1 rings (SSSR count). The first-order valence-corrected chi connectivity index (χ1v) is 4.57. The van der Waals surface area contributed by atoms with Crippen LogP contribution in [0.3, 0.4) is 0 Å². The van der Waals surface area contributed by atoms with E-state index in [4.69, 9.17) is 5.11 Å². The second-order valence-electron chi connectivity index (χ2n) is 3.15. The van der Waals surface area contributed by atoms with E-state index >= 15 is 0 Å². The standard InChI is InChI=1S/C9H13N3O3/c1-6-4-8(13)12-7(11-6)5-10-3-2-9(14)15/h4,10H,2-3,5H2,1H3,(H,14,15)(H,11,12,13). The molecule has 0 amide bonds. The van der Waals surface area contributed by atoms with Gasteiger partial charge in [-0.2, -0.15) is 0 Å². The zero-order valence-corrected chi connectivity index (χ0v) is 8.41. The van der Waals surface area contributed by atoms with Crippen molar-refractivity contribution in [3.63, 3.8) is 0 Å². The Morgan fingerprint density at radius 2 is 2.40 bits per heavy atom. The third-order valence-electron chi connectivity index (χ3n) is 1.73. The molecule has 0 aliphatic rings. The molecule has 0 spiro atoms. The third kappa shape index (κ3) is 4.37. The maximum Gasteiger partial charge on any atom is 0.304 e. The highest BCUT2D eigenvalue weighted by Gasteiger charge is 1.99. The number of aromatic amines is 1. The molecular formula is C9H13N3O3. The van der Waals surface area contributed by atoms with Gasteiger partial charge >= 0.3 is 5.97 Å². The minimum atomic E-state index is -0.854. The van der Waals surface area contributed by atoms with Crippen molar-refractivity contribution < 1.29 is 9.90 Å². The van der Waals surface area contributed by atoms with Gasteiger partial charge in [0.25, 0.3) is 5.56 Å². The van der Waals surface area contributed by atoms with Crippen molar-refractivity contribution in [3.05, 3.63) is 27.9 Å². The molecule has 1 heterocycles. The molecule has 15 heavy (non-hydrogen) atoms. The molecule has 3 N–H and O–H groups in total. The van der Waals surface area contributed by atoms with E-state index in [1.165, 1.54) is 6.07 Å². The highest BCUT2D eigenvalue weighted by molar-refractivity contribution is 5.66. The number of rotatable bonds is 5. The van der Waals surface area contributed by atoms with E-state index in [0.29, 0.717) is 24.6 Å². The quantitative estimate of drug-likeness (QED) is 0.578. The predicted octanol–water partition coefficient (Wildman–Crippen LogP) is -0.357. The van der Waals surface area contributed by atoms with Gasteiger partial charge < -0.3 is 15.4 Å². The Bertz CT molecular complexity index is 400. The van der Waals surface area contributed by atoms with E-state index in [2.05, 4.69) is 15.3 Å². The van der Waals surface area contributed by atoms with E-state index in [9.17, 15) is 9.59 Å². The Labute approximate surface area is 86.4 Å². The lowest BCUT2D eigenvalue weighted by Crippen LogP contribution is -2.21. The molecule has 0 radical (unpaired) electrons. The predicted molar refractivity (Wildman–Crippen MR) is 53.6 cm³/mol. The normalized spacial score (nSPS) is 10.2. The molecule has 0 aromatic carbocycles. The van der Waals surface area contributed by atoms with Crippen molar-refractivity contribution >= 4 is 5.97 Å². The van der Waals surface area contributed by atoms with Crippen LogP contribution in [0.15, 0.2) is 10.9 Å². The van der Waals surface area contributed by atoms with Crippen molar-refractivity contribution in [2.24, 2.45) is 0 Å². The summed E-state index contributed by atoms with van der Waals surface area (Å²) < 4.78 is 0. The molecule has 0 fully saturated rings. The zero-order valence-electron chi connectivity index (χ0n) is 8.41. The van der Waals surface area contributed by atoms with Gasteiger partial charge in [-0.15, -0.1) is 0 Å². The Kier molecular flexibility index (Phi) is 3.99. The largest absolute Gasteiger partial charge is 0.481 e. The van der Waals surface area contributed by atoms with Gasteiger partial charge in [0, 0.05) is 18.3 Å². The molecule has 1 aromatic rings. The molecular weight excluding hydrogens is 198 g/mol. The third-order valence-corrected chi connectivity index (χ3v) is 1.73. The highest BCUT2D eigenvalue weighted by Crippen LogP contribution is 1.89. The number of nitrogens with one attached hydrogen (secondary N) is 2. The van der Waals surface area contributed by atoms with Crippen molar-refractivity contribution in [2.75, 3.05) is 6.54 Å². The molecule has 0 bridgehead atoms. The fourth-order valence-corrected chi connectivity index (χ4v) is 1.13. The van der Waals surface area contributed by atoms with Crippen LogP contribution in [0.25, 0.3) is 0 Å². The van der Waals surface area contributed by atoms with Crippen LogP contribution in [0.4, 0.5) is 0 Å². The van der Waals surface area contributed by atoms with Crippen LogP contribution < -0.4 is 10.9 Å². The number of H-pyrrole nitrogens is 1. The number of aryl methyl sites for hydroxylation is 1. The van der Waals surface area contributed by atoms with Crippen LogP contribution in [0.5, 0.6) is 0 Å². The van der Waals surface area contributed by atoms with E-state index in [1.807, 2.05) is 0 Å². The first kappa shape index (κ1) is 11.4.